The Bertz CT molecular complexity index is 563. The molecule has 21 heavy (non-hydrogen) atoms. The van der Waals surface area contributed by atoms with E-state index in [2.05, 4.69) is 81.5 Å². The van der Waals surface area contributed by atoms with Crippen LogP contribution in [0.3, 0.4) is 0 Å². The standard InChI is InChI=1S/C19H26N2/c1-18(2,19(3,4)20)14-21-17-12-10-16(11-13-17)15-8-6-5-7-9-15/h5-13,21H,14,20H2,1-4H3. The van der Waals surface area contributed by atoms with Gasteiger partial charge in [-0.2, -0.15) is 0 Å². The first-order chi connectivity index (χ1) is 9.79. The Morgan fingerprint density at radius 3 is 1.86 bits per heavy atom. The van der Waals surface area contributed by atoms with Crippen LogP contribution in [-0.4, -0.2) is 12.1 Å². The lowest BCUT2D eigenvalue weighted by molar-refractivity contribution is 0.219. The summed E-state index contributed by atoms with van der Waals surface area (Å²) < 4.78 is 0. The normalized spacial score (nSPS) is 12.2. The number of hydrogen-bond donors (Lipinski definition) is 2. The molecule has 2 aromatic rings. The maximum atomic E-state index is 6.24. The highest BCUT2D eigenvalue weighted by molar-refractivity contribution is 5.65. The molecule has 0 aliphatic rings. The van der Waals surface area contributed by atoms with E-state index in [1.165, 1.54) is 11.1 Å². The van der Waals surface area contributed by atoms with Gasteiger partial charge < -0.3 is 11.1 Å². The lowest BCUT2D eigenvalue weighted by Gasteiger charge is -2.38. The molecule has 0 saturated carbocycles. The minimum atomic E-state index is -0.218. The third kappa shape index (κ3) is 3.85. The molecule has 0 saturated heterocycles. The lowest BCUT2D eigenvalue weighted by atomic mass is 9.75. The molecule has 112 valence electrons. The third-order valence-corrected chi connectivity index (χ3v) is 4.47. The smallest absolute Gasteiger partial charge is 0.0340 e. The molecule has 0 aliphatic heterocycles. The van der Waals surface area contributed by atoms with Gasteiger partial charge in [-0.15, -0.1) is 0 Å². The Balaban J connectivity index is 2.04. The van der Waals surface area contributed by atoms with Crippen LogP contribution in [0.2, 0.25) is 0 Å². The van der Waals surface area contributed by atoms with Crippen molar-refractivity contribution in [2.75, 3.05) is 11.9 Å². The highest BCUT2D eigenvalue weighted by atomic mass is 14.9. The van der Waals surface area contributed by atoms with Gasteiger partial charge in [0, 0.05) is 17.8 Å². The van der Waals surface area contributed by atoms with Crippen molar-refractivity contribution in [3.8, 4) is 11.1 Å². The van der Waals surface area contributed by atoms with Gasteiger partial charge in [0.1, 0.15) is 0 Å². The fourth-order valence-corrected chi connectivity index (χ4v) is 1.96. The van der Waals surface area contributed by atoms with Crippen LogP contribution in [-0.2, 0) is 0 Å². The highest BCUT2D eigenvalue weighted by Gasteiger charge is 2.32. The molecule has 2 aromatic carbocycles. The first-order valence-corrected chi connectivity index (χ1v) is 7.48. The van der Waals surface area contributed by atoms with E-state index in [9.17, 15) is 0 Å². The molecular weight excluding hydrogens is 256 g/mol. The minimum Gasteiger partial charge on any atom is -0.384 e. The zero-order chi connectivity index (χ0) is 15.5. The van der Waals surface area contributed by atoms with Crippen molar-refractivity contribution < 1.29 is 0 Å². The van der Waals surface area contributed by atoms with E-state index < -0.39 is 0 Å². The molecule has 2 nitrogen and oxygen atoms in total. The molecule has 0 radical (unpaired) electrons. The zero-order valence-electron chi connectivity index (χ0n) is 13.5. The Morgan fingerprint density at radius 1 is 0.810 bits per heavy atom. The van der Waals surface area contributed by atoms with E-state index >= 15 is 0 Å². The Labute approximate surface area is 128 Å². The summed E-state index contributed by atoms with van der Waals surface area (Å²) >= 11 is 0. The van der Waals surface area contributed by atoms with Gasteiger partial charge in [0.15, 0.2) is 0 Å². The fourth-order valence-electron chi connectivity index (χ4n) is 1.96. The summed E-state index contributed by atoms with van der Waals surface area (Å²) in [5.41, 5.74) is 9.65. The summed E-state index contributed by atoms with van der Waals surface area (Å²) in [6, 6.07) is 19.0. The van der Waals surface area contributed by atoms with Crippen LogP contribution in [0.15, 0.2) is 54.6 Å². The molecular formula is C19H26N2. The van der Waals surface area contributed by atoms with E-state index in [0.29, 0.717) is 0 Å². The number of nitrogens with two attached hydrogens (primary N) is 1. The zero-order valence-corrected chi connectivity index (χ0v) is 13.5. The predicted octanol–water partition coefficient (Wildman–Crippen LogP) is 4.53. The van der Waals surface area contributed by atoms with Crippen LogP contribution < -0.4 is 11.1 Å². The second kappa shape index (κ2) is 5.90. The van der Waals surface area contributed by atoms with Crippen LogP contribution in [0.5, 0.6) is 0 Å². The fraction of sp³-hybridized carbons (Fsp3) is 0.368. The van der Waals surface area contributed by atoms with Gasteiger partial charge >= 0.3 is 0 Å². The van der Waals surface area contributed by atoms with E-state index in [1.807, 2.05) is 6.07 Å². The summed E-state index contributed by atoms with van der Waals surface area (Å²) in [6.45, 7) is 9.39. The predicted molar refractivity (Wildman–Crippen MR) is 92.4 cm³/mol. The molecule has 0 fully saturated rings. The van der Waals surface area contributed by atoms with Gasteiger partial charge in [0.25, 0.3) is 0 Å². The first kappa shape index (κ1) is 15.6. The minimum absolute atomic E-state index is 0.0189. The quantitative estimate of drug-likeness (QED) is 0.845. The number of rotatable bonds is 5. The van der Waals surface area contributed by atoms with E-state index in [0.717, 1.165) is 12.2 Å². The Hall–Kier alpha value is -1.80. The van der Waals surface area contributed by atoms with Crippen LogP contribution in [0.4, 0.5) is 5.69 Å². The molecule has 0 heterocycles. The van der Waals surface area contributed by atoms with Gasteiger partial charge in [-0.05, 0) is 42.5 Å². The van der Waals surface area contributed by atoms with Crippen LogP contribution in [0.1, 0.15) is 27.7 Å². The largest absolute Gasteiger partial charge is 0.384 e. The van der Waals surface area contributed by atoms with Gasteiger partial charge in [0.2, 0.25) is 0 Å². The SMILES string of the molecule is CC(C)(N)C(C)(C)CNc1ccc(-c2ccccc2)cc1. The van der Waals surface area contributed by atoms with Crippen molar-refractivity contribution >= 4 is 5.69 Å². The maximum Gasteiger partial charge on any atom is 0.0340 e. The van der Waals surface area contributed by atoms with Gasteiger partial charge in [-0.1, -0.05) is 56.3 Å². The van der Waals surface area contributed by atoms with Gasteiger partial charge in [-0.3, -0.25) is 0 Å². The molecule has 0 atom stereocenters. The summed E-state index contributed by atoms with van der Waals surface area (Å²) in [4.78, 5) is 0. The molecule has 3 N–H and O–H groups in total. The van der Waals surface area contributed by atoms with Crippen LogP contribution >= 0.6 is 0 Å². The van der Waals surface area contributed by atoms with Crippen molar-refractivity contribution in [3.63, 3.8) is 0 Å². The van der Waals surface area contributed by atoms with Crippen molar-refractivity contribution in [2.24, 2.45) is 11.1 Å². The first-order valence-electron chi connectivity index (χ1n) is 7.48. The van der Waals surface area contributed by atoms with E-state index in [4.69, 9.17) is 5.73 Å². The van der Waals surface area contributed by atoms with Gasteiger partial charge in [-0.25, -0.2) is 0 Å². The van der Waals surface area contributed by atoms with Crippen molar-refractivity contribution in [2.45, 2.75) is 33.2 Å². The van der Waals surface area contributed by atoms with Crippen LogP contribution in [0.25, 0.3) is 11.1 Å². The molecule has 0 unspecified atom stereocenters. The average molecular weight is 282 g/mol. The molecule has 0 amide bonds. The monoisotopic (exact) mass is 282 g/mol. The van der Waals surface area contributed by atoms with Crippen molar-refractivity contribution in [3.05, 3.63) is 54.6 Å². The number of nitrogens with one attached hydrogen (secondary N) is 1. The van der Waals surface area contributed by atoms with Crippen LogP contribution in [0, 0.1) is 5.41 Å². The summed E-state index contributed by atoms with van der Waals surface area (Å²) in [7, 11) is 0. The van der Waals surface area contributed by atoms with Crippen molar-refractivity contribution in [1.82, 2.24) is 0 Å². The van der Waals surface area contributed by atoms with Crippen molar-refractivity contribution in [1.29, 1.82) is 0 Å². The average Bonchev–Trinajstić information content (AvgIpc) is 2.45. The topological polar surface area (TPSA) is 38.0 Å². The Kier molecular flexibility index (Phi) is 4.38. The van der Waals surface area contributed by atoms with E-state index in [1.54, 1.807) is 0 Å². The third-order valence-electron chi connectivity index (χ3n) is 4.47. The molecule has 0 spiro atoms. The number of benzene rings is 2. The molecule has 0 bridgehead atoms. The summed E-state index contributed by atoms with van der Waals surface area (Å²) in [5.74, 6) is 0. The molecule has 0 aliphatic carbocycles. The molecule has 2 heteroatoms. The highest BCUT2D eigenvalue weighted by Crippen LogP contribution is 2.29. The second-order valence-corrected chi connectivity index (χ2v) is 6.90. The molecule has 2 rings (SSSR count). The lowest BCUT2D eigenvalue weighted by Crippen LogP contribution is -2.50. The Morgan fingerprint density at radius 2 is 1.33 bits per heavy atom. The second-order valence-electron chi connectivity index (χ2n) is 6.90. The maximum absolute atomic E-state index is 6.24. The molecule has 0 aromatic heterocycles. The van der Waals surface area contributed by atoms with E-state index in [-0.39, 0.29) is 11.0 Å². The van der Waals surface area contributed by atoms with Gasteiger partial charge in [0.05, 0.1) is 0 Å². The summed E-state index contributed by atoms with van der Waals surface area (Å²) in [5, 5.41) is 3.49. The summed E-state index contributed by atoms with van der Waals surface area (Å²) in [6.07, 6.45) is 0. The number of hydrogen-bond acceptors (Lipinski definition) is 2. The number of anilines is 1.